The molecule has 0 saturated heterocycles. The van der Waals surface area contributed by atoms with Crippen LogP contribution in [-0.2, 0) is 10.3 Å². The van der Waals surface area contributed by atoms with Crippen molar-refractivity contribution in [3.05, 3.63) is 17.0 Å². The molecule has 2 aromatic heterocycles. The van der Waals surface area contributed by atoms with Gasteiger partial charge in [0.15, 0.2) is 5.82 Å². The van der Waals surface area contributed by atoms with Crippen LogP contribution in [0.15, 0.2) is 10.7 Å². The van der Waals surface area contributed by atoms with Crippen molar-refractivity contribution in [1.82, 2.24) is 15.1 Å². The lowest BCUT2D eigenvalue weighted by Gasteiger charge is -2.34. The van der Waals surface area contributed by atoms with E-state index in [1.807, 2.05) is 13.8 Å². The van der Waals surface area contributed by atoms with E-state index in [9.17, 15) is 0 Å². The van der Waals surface area contributed by atoms with Gasteiger partial charge in [0.05, 0.1) is 11.7 Å². The van der Waals surface area contributed by atoms with Crippen molar-refractivity contribution in [3.63, 3.8) is 0 Å². The van der Waals surface area contributed by atoms with Crippen molar-refractivity contribution in [3.8, 4) is 10.8 Å². The topological polar surface area (TPSA) is 87.1 Å². The van der Waals surface area contributed by atoms with Gasteiger partial charge in [-0.25, -0.2) is 4.98 Å². The van der Waals surface area contributed by atoms with Crippen LogP contribution in [0.3, 0.4) is 0 Å². The number of hydrogen-bond donors (Lipinski definition) is 1. The zero-order valence-corrected chi connectivity index (χ0v) is 13.7. The summed E-state index contributed by atoms with van der Waals surface area (Å²) in [6.07, 6.45) is 4.68. The minimum atomic E-state index is -0.395. The molecule has 1 fully saturated rings. The third-order valence-corrected chi connectivity index (χ3v) is 4.76. The first-order valence-corrected chi connectivity index (χ1v) is 7.65. The summed E-state index contributed by atoms with van der Waals surface area (Å²) < 4.78 is 10.8. The Bertz CT molecular complexity index is 597. The molecule has 1 unspecified atom stereocenters. The van der Waals surface area contributed by atoms with Gasteiger partial charge < -0.3 is 15.0 Å². The summed E-state index contributed by atoms with van der Waals surface area (Å²) in [6.45, 7) is 4.61. The van der Waals surface area contributed by atoms with Gasteiger partial charge in [0.2, 0.25) is 0 Å². The molecule has 8 heteroatoms. The summed E-state index contributed by atoms with van der Waals surface area (Å²) in [5.41, 5.74) is 5.80. The Morgan fingerprint density at radius 1 is 1.52 bits per heavy atom. The zero-order valence-electron chi connectivity index (χ0n) is 12.0. The Balaban J connectivity index is 0.00000161. The first-order valence-electron chi connectivity index (χ1n) is 6.83. The summed E-state index contributed by atoms with van der Waals surface area (Å²) in [6, 6.07) is 0. The molecule has 0 aromatic carbocycles. The molecule has 2 heterocycles. The van der Waals surface area contributed by atoms with Gasteiger partial charge >= 0.3 is 0 Å². The Kier molecular flexibility index (Phi) is 4.98. The number of halogens is 1. The van der Waals surface area contributed by atoms with Crippen LogP contribution >= 0.6 is 23.7 Å². The van der Waals surface area contributed by atoms with Gasteiger partial charge in [-0.1, -0.05) is 5.16 Å². The van der Waals surface area contributed by atoms with Gasteiger partial charge in [0, 0.05) is 6.61 Å². The monoisotopic (exact) mass is 330 g/mol. The van der Waals surface area contributed by atoms with E-state index < -0.39 is 5.54 Å². The molecule has 0 aliphatic heterocycles. The largest absolute Gasteiger partial charge is 0.372 e. The molecule has 0 radical (unpaired) electrons. The fraction of sp³-hybridized carbons (Fsp3) is 0.615. The van der Waals surface area contributed by atoms with Crippen molar-refractivity contribution in [1.29, 1.82) is 0 Å². The highest BCUT2D eigenvalue weighted by Gasteiger charge is 2.39. The minimum Gasteiger partial charge on any atom is -0.372 e. The summed E-state index contributed by atoms with van der Waals surface area (Å²) in [4.78, 5) is 9.63. The Hall–Kier alpha value is -1.02. The molecule has 3 rings (SSSR count). The molecule has 0 amide bonds. The maximum absolute atomic E-state index is 6.19. The van der Waals surface area contributed by atoms with Crippen LogP contribution in [-0.4, -0.2) is 21.7 Å². The van der Waals surface area contributed by atoms with Crippen molar-refractivity contribution < 1.29 is 9.26 Å². The number of thiazole rings is 1. The lowest BCUT2D eigenvalue weighted by molar-refractivity contribution is 0.0762. The second-order valence-corrected chi connectivity index (χ2v) is 6.16. The third kappa shape index (κ3) is 3.11. The van der Waals surface area contributed by atoms with Gasteiger partial charge in [-0.2, -0.15) is 4.98 Å². The van der Waals surface area contributed by atoms with E-state index in [1.54, 1.807) is 6.20 Å². The second kappa shape index (κ2) is 6.39. The molecular formula is C13H19ClN4O2S. The highest BCUT2D eigenvalue weighted by molar-refractivity contribution is 7.15. The van der Waals surface area contributed by atoms with Crippen LogP contribution in [0.25, 0.3) is 10.8 Å². The van der Waals surface area contributed by atoms with Gasteiger partial charge in [-0.15, -0.1) is 23.7 Å². The van der Waals surface area contributed by atoms with Gasteiger partial charge in [0.1, 0.15) is 16.0 Å². The average Bonchev–Trinajstić information content (AvgIpc) is 3.05. The molecule has 0 spiro atoms. The lowest BCUT2D eigenvalue weighted by atomic mass is 9.77. The van der Waals surface area contributed by atoms with Gasteiger partial charge in [-0.3, -0.25) is 0 Å². The molecule has 2 N–H and O–H groups in total. The van der Waals surface area contributed by atoms with Gasteiger partial charge in [-0.05, 0) is 33.1 Å². The molecule has 1 aliphatic carbocycles. The van der Waals surface area contributed by atoms with E-state index in [2.05, 4.69) is 15.1 Å². The van der Waals surface area contributed by atoms with Crippen molar-refractivity contribution in [2.24, 2.45) is 5.73 Å². The first-order chi connectivity index (χ1) is 9.62. The molecular weight excluding hydrogens is 312 g/mol. The highest BCUT2D eigenvalue weighted by atomic mass is 35.5. The van der Waals surface area contributed by atoms with Crippen LogP contribution < -0.4 is 5.73 Å². The van der Waals surface area contributed by atoms with E-state index in [4.69, 9.17) is 15.0 Å². The Morgan fingerprint density at radius 2 is 2.29 bits per heavy atom. The third-order valence-electron chi connectivity index (χ3n) is 3.62. The molecule has 21 heavy (non-hydrogen) atoms. The Morgan fingerprint density at radius 3 is 2.90 bits per heavy atom. The van der Waals surface area contributed by atoms with Crippen LogP contribution in [0.1, 0.15) is 50.0 Å². The van der Waals surface area contributed by atoms with Gasteiger partial charge in [0.25, 0.3) is 5.89 Å². The molecule has 6 nitrogen and oxygen atoms in total. The number of hydrogen-bond acceptors (Lipinski definition) is 7. The van der Waals surface area contributed by atoms with E-state index in [0.717, 1.165) is 29.1 Å². The van der Waals surface area contributed by atoms with Crippen LogP contribution in [0.2, 0.25) is 0 Å². The lowest BCUT2D eigenvalue weighted by Crippen LogP contribution is -2.44. The number of ether oxygens (including phenoxy) is 1. The zero-order chi connectivity index (χ0) is 14.2. The van der Waals surface area contributed by atoms with Crippen molar-refractivity contribution >= 4 is 23.7 Å². The second-order valence-electron chi connectivity index (χ2n) is 5.09. The van der Waals surface area contributed by atoms with Crippen molar-refractivity contribution in [2.75, 3.05) is 6.61 Å². The fourth-order valence-electron chi connectivity index (χ4n) is 2.20. The maximum atomic E-state index is 6.19. The minimum absolute atomic E-state index is 0. The van der Waals surface area contributed by atoms with E-state index in [-0.39, 0.29) is 18.5 Å². The predicted octanol–water partition coefficient (Wildman–Crippen LogP) is 3.05. The van der Waals surface area contributed by atoms with E-state index in [1.165, 1.54) is 11.3 Å². The smallest absolute Gasteiger partial charge is 0.269 e. The van der Waals surface area contributed by atoms with Crippen molar-refractivity contribution in [2.45, 2.75) is 44.8 Å². The maximum Gasteiger partial charge on any atom is 0.269 e. The number of nitrogens with zero attached hydrogens (tertiary/aromatic N) is 3. The quantitative estimate of drug-likeness (QED) is 0.906. The molecule has 1 saturated carbocycles. The number of nitrogens with two attached hydrogens (primary N) is 1. The summed E-state index contributed by atoms with van der Waals surface area (Å²) in [7, 11) is 0. The average molecular weight is 331 g/mol. The fourth-order valence-corrected chi connectivity index (χ4v) is 3.04. The van der Waals surface area contributed by atoms with Crippen LogP contribution in [0, 0.1) is 0 Å². The summed E-state index contributed by atoms with van der Waals surface area (Å²) >= 11 is 1.51. The SMILES string of the molecule is CCOC(C)c1ncc(-c2nc(C3(N)CCC3)no2)s1.Cl. The molecule has 1 aliphatic rings. The molecule has 2 aromatic rings. The van der Waals surface area contributed by atoms with Crippen LogP contribution in [0.4, 0.5) is 0 Å². The summed E-state index contributed by atoms with van der Waals surface area (Å²) in [5, 5.41) is 4.92. The first kappa shape index (κ1) is 16.4. The Labute approximate surface area is 133 Å². The standard InChI is InChI=1S/C13H18N4O2S.ClH/c1-3-18-8(2)11-15-7-9(20-11)10-16-12(17-19-10)13(14)5-4-6-13;/h7-8H,3-6,14H2,1-2H3;1H. The molecule has 1 atom stereocenters. The normalized spacial score (nSPS) is 17.9. The predicted molar refractivity (Wildman–Crippen MR) is 82.4 cm³/mol. The van der Waals surface area contributed by atoms with E-state index in [0.29, 0.717) is 18.3 Å². The molecule has 116 valence electrons. The number of aromatic nitrogens is 3. The van der Waals surface area contributed by atoms with E-state index >= 15 is 0 Å². The number of rotatable bonds is 5. The molecule has 0 bridgehead atoms. The van der Waals surface area contributed by atoms with Crippen LogP contribution in [0.5, 0.6) is 0 Å². The highest BCUT2D eigenvalue weighted by Crippen LogP contribution is 2.38. The summed E-state index contributed by atoms with van der Waals surface area (Å²) in [5.74, 6) is 1.09.